The zero-order valence-corrected chi connectivity index (χ0v) is 9.38. The monoisotopic (exact) mass is 208 g/mol. The number of hydrogen-bond donors (Lipinski definition) is 0. The first-order valence-electron chi connectivity index (χ1n) is 4.53. The van der Waals surface area contributed by atoms with Crippen LogP contribution in [0.3, 0.4) is 0 Å². The van der Waals surface area contributed by atoms with Gasteiger partial charge in [0.15, 0.2) is 0 Å². The molecule has 0 aliphatic carbocycles. The summed E-state index contributed by atoms with van der Waals surface area (Å²) in [6.07, 6.45) is 6.27. The fourth-order valence-electron chi connectivity index (χ4n) is 1.08. The molecule has 72 valence electrons. The lowest BCUT2D eigenvalue weighted by Gasteiger charge is -2.11. The molecule has 1 atom stereocenters. The fourth-order valence-corrected chi connectivity index (χ4v) is 1.39. The molecule has 0 aromatic rings. The molecule has 0 fully saturated rings. The molecule has 0 rings (SSSR count). The Morgan fingerprint density at radius 1 is 1.42 bits per heavy atom. The van der Waals surface area contributed by atoms with Crippen molar-refractivity contribution in [1.29, 1.82) is 0 Å². The maximum atomic E-state index is 5.42. The van der Waals surface area contributed by atoms with Crippen molar-refractivity contribution >= 4 is 28.3 Å². The van der Waals surface area contributed by atoms with Crippen LogP contribution in [0.5, 0.6) is 0 Å². The number of rotatable bonds is 6. The van der Waals surface area contributed by atoms with E-state index in [9.17, 15) is 0 Å². The van der Waals surface area contributed by atoms with Crippen LogP contribution in [-0.4, -0.2) is 10.6 Å². The minimum absolute atomic E-state index is 0.137. The molecular weight excluding hydrogens is 192 g/mol. The lowest BCUT2D eigenvalue weighted by Crippen LogP contribution is -2.09. The number of thiocarbonyl (C=S) groups is 1. The molecule has 0 heterocycles. The maximum absolute atomic E-state index is 5.42. The van der Waals surface area contributed by atoms with Crippen molar-refractivity contribution in [3.8, 4) is 0 Å². The number of hydrogen-bond acceptors (Lipinski definition) is 2. The van der Waals surface area contributed by atoms with Gasteiger partial charge in [-0.15, -0.1) is 0 Å². The fraction of sp³-hybridized carbons (Fsp3) is 0.889. The van der Waals surface area contributed by atoms with E-state index in [1.165, 1.54) is 25.7 Å². The molecule has 0 saturated heterocycles. The number of ether oxygens (including phenoxy) is 1. The van der Waals surface area contributed by atoms with E-state index in [-0.39, 0.29) is 10.6 Å². The standard InChI is InChI=1S/C9H17ClOS/c1-3-4-5-6-7-8(2)11-9(10)12/h8H,3-7H2,1-2H3. The highest BCUT2D eigenvalue weighted by Gasteiger charge is 2.02. The Hall–Kier alpha value is 0.180. The second-order valence-corrected chi connectivity index (χ2v) is 3.95. The highest BCUT2D eigenvalue weighted by Crippen LogP contribution is 2.08. The molecule has 0 N–H and O–H groups in total. The van der Waals surface area contributed by atoms with Crippen molar-refractivity contribution in [2.45, 2.75) is 52.1 Å². The summed E-state index contributed by atoms with van der Waals surface area (Å²) in [5.74, 6) is 0. The second-order valence-electron chi connectivity index (χ2n) is 3.02. The lowest BCUT2D eigenvalue weighted by atomic mass is 10.1. The minimum atomic E-state index is 0.137. The molecule has 0 aliphatic heterocycles. The van der Waals surface area contributed by atoms with Gasteiger partial charge < -0.3 is 4.74 Å². The summed E-state index contributed by atoms with van der Waals surface area (Å²) in [7, 11) is 0. The van der Waals surface area contributed by atoms with Crippen LogP contribution in [0.4, 0.5) is 0 Å². The van der Waals surface area contributed by atoms with Gasteiger partial charge in [-0.1, -0.05) is 26.2 Å². The third-order valence-electron chi connectivity index (χ3n) is 1.76. The molecule has 3 heteroatoms. The average molecular weight is 209 g/mol. The van der Waals surface area contributed by atoms with Crippen LogP contribution in [0.15, 0.2) is 0 Å². The van der Waals surface area contributed by atoms with E-state index < -0.39 is 0 Å². The van der Waals surface area contributed by atoms with Crippen molar-refractivity contribution in [1.82, 2.24) is 0 Å². The molecule has 0 radical (unpaired) electrons. The average Bonchev–Trinajstić information content (AvgIpc) is 1.97. The van der Waals surface area contributed by atoms with Crippen LogP contribution in [0.1, 0.15) is 46.0 Å². The highest BCUT2D eigenvalue weighted by molar-refractivity contribution is 7.82. The van der Waals surface area contributed by atoms with E-state index >= 15 is 0 Å². The van der Waals surface area contributed by atoms with Crippen molar-refractivity contribution in [3.63, 3.8) is 0 Å². The predicted molar refractivity (Wildman–Crippen MR) is 57.8 cm³/mol. The van der Waals surface area contributed by atoms with Crippen molar-refractivity contribution in [2.24, 2.45) is 0 Å². The molecule has 1 unspecified atom stereocenters. The first-order valence-corrected chi connectivity index (χ1v) is 5.31. The molecule has 1 nitrogen and oxygen atoms in total. The van der Waals surface area contributed by atoms with Gasteiger partial charge in [0.05, 0.1) is 6.10 Å². The van der Waals surface area contributed by atoms with Crippen LogP contribution in [0, 0.1) is 0 Å². The van der Waals surface area contributed by atoms with Gasteiger partial charge in [0.25, 0.3) is 4.51 Å². The molecule has 0 amide bonds. The smallest absolute Gasteiger partial charge is 0.255 e. The zero-order chi connectivity index (χ0) is 9.40. The van der Waals surface area contributed by atoms with Gasteiger partial charge in [0.2, 0.25) is 0 Å². The molecular formula is C9H17ClOS. The third kappa shape index (κ3) is 8.28. The molecule has 12 heavy (non-hydrogen) atoms. The molecule has 0 aromatic carbocycles. The van der Waals surface area contributed by atoms with Crippen molar-refractivity contribution < 1.29 is 4.74 Å². The third-order valence-corrected chi connectivity index (χ3v) is 1.94. The quantitative estimate of drug-likeness (QED) is 0.372. The van der Waals surface area contributed by atoms with Gasteiger partial charge in [-0.25, -0.2) is 0 Å². The summed E-state index contributed by atoms with van der Waals surface area (Å²) in [6.45, 7) is 4.20. The SMILES string of the molecule is CCCCCCC(C)OC(=S)Cl. The van der Waals surface area contributed by atoms with Crippen LogP contribution in [0.25, 0.3) is 0 Å². The summed E-state index contributed by atoms with van der Waals surface area (Å²) in [6, 6.07) is 0. The first-order chi connectivity index (χ1) is 5.66. The van der Waals surface area contributed by atoms with Crippen LogP contribution >= 0.6 is 23.8 Å². The summed E-state index contributed by atoms with van der Waals surface area (Å²) in [5, 5.41) is 0. The number of halogens is 1. The second kappa shape index (κ2) is 7.81. The van der Waals surface area contributed by atoms with E-state index in [1.54, 1.807) is 0 Å². The van der Waals surface area contributed by atoms with Crippen molar-refractivity contribution in [2.75, 3.05) is 0 Å². The highest BCUT2D eigenvalue weighted by atomic mass is 35.5. The first kappa shape index (κ1) is 12.2. The molecule has 0 spiro atoms. The van der Waals surface area contributed by atoms with Crippen molar-refractivity contribution in [3.05, 3.63) is 0 Å². The molecule has 0 aromatic heterocycles. The zero-order valence-electron chi connectivity index (χ0n) is 7.81. The Labute approximate surface area is 85.4 Å². The Morgan fingerprint density at radius 3 is 2.58 bits per heavy atom. The van der Waals surface area contributed by atoms with Crippen LogP contribution in [0.2, 0.25) is 0 Å². The molecule has 0 bridgehead atoms. The van der Waals surface area contributed by atoms with E-state index in [0.29, 0.717) is 0 Å². The summed E-state index contributed by atoms with van der Waals surface area (Å²) < 4.78 is 5.26. The topological polar surface area (TPSA) is 9.23 Å². The maximum Gasteiger partial charge on any atom is 0.255 e. The van der Waals surface area contributed by atoms with E-state index in [2.05, 4.69) is 19.1 Å². The van der Waals surface area contributed by atoms with E-state index in [0.717, 1.165) is 6.42 Å². The summed E-state index contributed by atoms with van der Waals surface area (Å²) in [4.78, 5) is 0. The van der Waals surface area contributed by atoms with Gasteiger partial charge in [0, 0.05) is 0 Å². The summed E-state index contributed by atoms with van der Waals surface area (Å²) in [5.41, 5.74) is 0. The van der Waals surface area contributed by atoms with Gasteiger partial charge in [-0.2, -0.15) is 0 Å². The van der Waals surface area contributed by atoms with Crippen LogP contribution in [-0.2, 0) is 4.74 Å². The molecule has 0 saturated carbocycles. The largest absolute Gasteiger partial charge is 0.472 e. The van der Waals surface area contributed by atoms with Gasteiger partial charge in [0.1, 0.15) is 0 Å². The normalized spacial score (nSPS) is 12.6. The van der Waals surface area contributed by atoms with Gasteiger partial charge >= 0.3 is 0 Å². The lowest BCUT2D eigenvalue weighted by molar-refractivity contribution is 0.205. The predicted octanol–water partition coefficient (Wildman–Crippen LogP) is 3.89. The van der Waals surface area contributed by atoms with Crippen LogP contribution < -0.4 is 0 Å². The summed E-state index contributed by atoms with van der Waals surface area (Å²) >= 11 is 10.0. The van der Waals surface area contributed by atoms with Gasteiger partial charge in [-0.05, 0) is 43.6 Å². The Bertz CT molecular complexity index is 128. The Morgan fingerprint density at radius 2 is 2.08 bits per heavy atom. The Kier molecular flexibility index (Phi) is 7.93. The van der Waals surface area contributed by atoms with E-state index in [4.69, 9.17) is 16.3 Å². The number of unbranched alkanes of at least 4 members (excludes halogenated alkanes) is 3. The molecule has 0 aliphatic rings. The van der Waals surface area contributed by atoms with E-state index in [1.807, 2.05) is 6.92 Å². The Balaban J connectivity index is 3.19. The van der Waals surface area contributed by atoms with Gasteiger partial charge in [-0.3, -0.25) is 0 Å². The minimum Gasteiger partial charge on any atom is -0.472 e.